The Balaban J connectivity index is 2.04. The number of carbonyl (C=O) groups excluding carboxylic acids is 1. The first-order valence-corrected chi connectivity index (χ1v) is 9.37. The average molecular weight is 353 g/mol. The van der Waals surface area contributed by atoms with E-state index in [4.69, 9.17) is 4.74 Å². The van der Waals surface area contributed by atoms with Crippen LogP contribution in [0.4, 0.5) is 22.7 Å². The van der Waals surface area contributed by atoms with Crippen LogP contribution in [0.15, 0.2) is 36.4 Å². The summed E-state index contributed by atoms with van der Waals surface area (Å²) in [5, 5.41) is 0. The van der Waals surface area contributed by atoms with Gasteiger partial charge in [0.05, 0.1) is 11.4 Å². The first-order valence-electron chi connectivity index (χ1n) is 9.37. The van der Waals surface area contributed by atoms with Gasteiger partial charge in [-0.3, -0.25) is 9.69 Å². The van der Waals surface area contributed by atoms with Crippen LogP contribution in [0.25, 0.3) is 0 Å². The molecule has 0 saturated carbocycles. The molecule has 0 atom stereocenters. The van der Waals surface area contributed by atoms with Crippen molar-refractivity contribution in [2.45, 2.75) is 27.7 Å². The van der Waals surface area contributed by atoms with Crippen molar-refractivity contribution in [3.05, 3.63) is 36.4 Å². The molecule has 1 aliphatic heterocycles. The zero-order valence-corrected chi connectivity index (χ0v) is 16.0. The van der Waals surface area contributed by atoms with Gasteiger partial charge in [-0.25, -0.2) is 0 Å². The quantitative estimate of drug-likeness (QED) is 0.671. The van der Waals surface area contributed by atoms with Crippen LogP contribution in [-0.2, 0) is 4.79 Å². The maximum atomic E-state index is 11.8. The second kappa shape index (κ2) is 7.68. The molecule has 0 fully saturated rings. The van der Waals surface area contributed by atoms with E-state index < -0.39 is 0 Å². The highest BCUT2D eigenvalue weighted by molar-refractivity contribution is 5.94. The number of anilines is 4. The monoisotopic (exact) mass is 353 g/mol. The standard InChI is InChI=1S/C21H27N3O2/c1-5-22(6-2)16-9-11-18-20(13-16)26-21-14-17(23(7-3)8-4)10-12-19(21)24(18)15-25/h9-15H,5-8H2,1-4H3. The number of fused-ring (bicyclic) bond motifs is 2. The number of benzene rings is 2. The van der Waals surface area contributed by atoms with E-state index >= 15 is 0 Å². The summed E-state index contributed by atoms with van der Waals surface area (Å²) in [6, 6.07) is 12.0. The maximum absolute atomic E-state index is 11.8. The fraction of sp³-hybridized carbons (Fsp3) is 0.381. The van der Waals surface area contributed by atoms with E-state index in [9.17, 15) is 4.79 Å². The van der Waals surface area contributed by atoms with Gasteiger partial charge in [-0.05, 0) is 52.0 Å². The molecule has 0 N–H and O–H groups in total. The predicted molar refractivity (Wildman–Crippen MR) is 108 cm³/mol. The largest absolute Gasteiger partial charge is 0.453 e. The Bertz CT molecular complexity index is 721. The van der Waals surface area contributed by atoms with E-state index in [1.54, 1.807) is 4.90 Å². The van der Waals surface area contributed by atoms with Gasteiger partial charge in [0.25, 0.3) is 0 Å². The van der Waals surface area contributed by atoms with Crippen molar-refractivity contribution in [1.82, 2.24) is 0 Å². The van der Waals surface area contributed by atoms with E-state index in [0.717, 1.165) is 55.3 Å². The van der Waals surface area contributed by atoms with E-state index in [1.807, 2.05) is 36.4 Å². The summed E-state index contributed by atoms with van der Waals surface area (Å²) < 4.78 is 6.22. The second-order valence-electron chi connectivity index (χ2n) is 6.23. The maximum Gasteiger partial charge on any atom is 0.218 e. The Morgan fingerprint density at radius 2 is 1.23 bits per heavy atom. The van der Waals surface area contributed by atoms with Gasteiger partial charge < -0.3 is 14.5 Å². The number of rotatable bonds is 7. The molecule has 0 saturated heterocycles. The number of hydrogen-bond acceptors (Lipinski definition) is 4. The van der Waals surface area contributed by atoms with E-state index in [0.29, 0.717) is 11.5 Å². The van der Waals surface area contributed by atoms with Crippen molar-refractivity contribution < 1.29 is 9.53 Å². The van der Waals surface area contributed by atoms with Gasteiger partial charge in [-0.15, -0.1) is 0 Å². The Hall–Kier alpha value is -2.69. The summed E-state index contributed by atoms with van der Waals surface area (Å²) in [7, 11) is 0. The van der Waals surface area contributed by atoms with Crippen LogP contribution in [0.1, 0.15) is 27.7 Å². The van der Waals surface area contributed by atoms with Crippen LogP contribution >= 0.6 is 0 Å². The number of ether oxygens (including phenoxy) is 1. The van der Waals surface area contributed by atoms with E-state index in [2.05, 4.69) is 37.5 Å². The lowest BCUT2D eigenvalue weighted by molar-refractivity contribution is -0.106. The Morgan fingerprint density at radius 1 is 0.808 bits per heavy atom. The van der Waals surface area contributed by atoms with Crippen LogP contribution in [-0.4, -0.2) is 32.6 Å². The summed E-state index contributed by atoms with van der Waals surface area (Å²) in [4.78, 5) is 18.0. The Kier molecular flexibility index (Phi) is 5.35. The molecule has 1 heterocycles. The van der Waals surface area contributed by atoms with Gasteiger partial charge in [0.1, 0.15) is 0 Å². The van der Waals surface area contributed by atoms with E-state index in [1.165, 1.54) is 0 Å². The van der Waals surface area contributed by atoms with Gasteiger partial charge in [0, 0.05) is 49.7 Å². The Labute approximate surface area is 155 Å². The molecule has 0 spiro atoms. The first-order chi connectivity index (χ1) is 12.7. The van der Waals surface area contributed by atoms with Crippen molar-refractivity contribution in [3.8, 4) is 11.5 Å². The van der Waals surface area contributed by atoms with Crippen molar-refractivity contribution in [3.63, 3.8) is 0 Å². The number of nitrogens with zero attached hydrogens (tertiary/aromatic N) is 3. The van der Waals surface area contributed by atoms with Crippen molar-refractivity contribution in [2.24, 2.45) is 0 Å². The lowest BCUT2D eigenvalue weighted by atomic mass is 10.1. The smallest absolute Gasteiger partial charge is 0.218 e. The fourth-order valence-electron chi connectivity index (χ4n) is 3.50. The minimum Gasteiger partial charge on any atom is -0.453 e. The first kappa shape index (κ1) is 18.1. The molecule has 3 rings (SSSR count). The molecular weight excluding hydrogens is 326 g/mol. The minimum absolute atomic E-state index is 0.714. The van der Waals surface area contributed by atoms with Crippen LogP contribution in [0, 0.1) is 0 Å². The second-order valence-corrected chi connectivity index (χ2v) is 6.23. The molecular formula is C21H27N3O2. The molecule has 138 valence electrons. The number of hydrogen-bond donors (Lipinski definition) is 0. The molecule has 0 aromatic heterocycles. The minimum atomic E-state index is 0.714. The van der Waals surface area contributed by atoms with Gasteiger partial charge >= 0.3 is 0 Å². The summed E-state index contributed by atoms with van der Waals surface area (Å²) in [5.41, 5.74) is 3.75. The molecule has 5 heteroatoms. The molecule has 0 aliphatic carbocycles. The fourth-order valence-corrected chi connectivity index (χ4v) is 3.50. The Morgan fingerprint density at radius 3 is 1.58 bits per heavy atom. The van der Waals surface area contributed by atoms with Gasteiger partial charge in [0.2, 0.25) is 6.41 Å². The van der Waals surface area contributed by atoms with Crippen LogP contribution in [0.3, 0.4) is 0 Å². The van der Waals surface area contributed by atoms with Crippen LogP contribution < -0.4 is 19.4 Å². The average Bonchev–Trinajstić information content (AvgIpc) is 2.67. The lowest BCUT2D eigenvalue weighted by Gasteiger charge is -2.31. The molecule has 26 heavy (non-hydrogen) atoms. The van der Waals surface area contributed by atoms with Gasteiger partial charge in [-0.1, -0.05) is 0 Å². The summed E-state index contributed by atoms with van der Waals surface area (Å²) in [5.74, 6) is 1.43. The summed E-state index contributed by atoms with van der Waals surface area (Å²) in [6.07, 6.45) is 0.856. The SMILES string of the molecule is CCN(CC)c1ccc2c(c1)Oc1cc(N(CC)CC)ccc1N2C=O. The predicted octanol–water partition coefficient (Wildman–Crippen LogP) is 4.78. The highest BCUT2D eigenvalue weighted by Gasteiger charge is 2.25. The van der Waals surface area contributed by atoms with Crippen LogP contribution in [0.5, 0.6) is 11.5 Å². The van der Waals surface area contributed by atoms with Crippen LogP contribution in [0.2, 0.25) is 0 Å². The molecule has 2 aromatic rings. The zero-order valence-electron chi connectivity index (χ0n) is 16.0. The lowest BCUT2D eigenvalue weighted by Crippen LogP contribution is -2.24. The number of amides is 1. The van der Waals surface area contributed by atoms with Crippen molar-refractivity contribution >= 4 is 29.2 Å². The topological polar surface area (TPSA) is 36.0 Å². The number of carbonyl (C=O) groups is 1. The van der Waals surface area contributed by atoms with Crippen molar-refractivity contribution in [1.29, 1.82) is 0 Å². The summed E-state index contributed by atoms with van der Waals surface area (Å²) >= 11 is 0. The van der Waals surface area contributed by atoms with E-state index in [-0.39, 0.29) is 0 Å². The van der Waals surface area contributed by atoms with Crippen molar-refractivity contribution in [2.75, 3.05) is 40.9 Å². The molecule has 1 amide bonds. The molecule has 2 aromatic carbocycles. The zero-order chi connectivity index (χ0) is 18.7. The third kappa shape index (κ3) is 3.09. The third-order valence-electron chi connectivity index (χ3n) is 4.99. The highest BCUT2D eigenvalue weighted by Crippen LogP contribution is 2.48. The highest BCUT2D eigenvalue weighted by atomic mass is 16.5. The molecule has 0 radical (unpaired) electrons. The third-order valence-corrected chi connectivity index (χ3v) is 4.99. The molecule has 5 nitrogen and oxygen atoms in total. The molecule has 0 unspecified atom stereocenters. The molecule has 0 bridgehead atoms. The van der Waals surface area contributed by atoms with Gasteiger partial charge in [0.15, 0.2) is 11.5 Å². The molecule has 1 aliphatic rings. The van der Waals surface area contributed by atoms with Gasteiger partial charge in [-0.2, -0.15) is 0 Å². The summed E-state index contributed by atoms with van der Waals surface area (Å²) in [6.45, 7) is 12.2. The normalized spacial score (nSPS) is 12.1.